The fourth-order valence-electron chi connectivity index (χ4n) is 2.61. The lowest BCUT2D eigenvalue weighted by molar-refractivity contribution is -0.118. The van der Waals surface area contributed by atoms with Gasteiger partial charge in [-0.15, -0.1) is 0 Å². The number of carbonyl (C=O) groups excluding carboxylic acids is 1. The molecule has 2 rings (SSSR count). The number of hydrogen-bond acceptors (Lipinski definition) is 3. The van der Waals surface area contributed by atoms with Crippen LogP contribution in [0.25, 0.3) is 0 Å². The molecule has 1 heterocycles. The van der Waals surface area contributed by atoms with Crippen LogP contribution in [0.1, 0.15) is 19.8 Å². The van der Waals surface area contributed by atoms with Crippen molar-refractivity contribution in [1.82, 2.24) is 4.90 Å². The Morgan fingerprint density at radius 3 is 3.05 bits per heavy atom. The molecule has 1 saturated heterocycles. The molecule has 116 valence electrons. The first-order valence-corrected chi connectivity index (χ1v) is 7.49. The Kier molecular flexibility index (Phi) is 5.56. The third-order valence-corrected chi connectivity index (χ3v) is 4.11. The second kappa shape index (κ2) is 7.20. The van der Waals surface area contributed by atoms with Crippen LogP contribution in [0.15, 0.2) is 18.2 Å². The van der Waals surface area contributed by atoms with Gasteiger partial charge in [0.25, 0.3) is 0 Å². The number of amides is 1. The van der Waals surface area contributed by atoms with Gasteiger partial charge in [-0.25, -0.2) is 4.39 Å². The molecular weight excluding hydrogens is 295 g/mol. The normalized spacial score (nSPS) is 21.0. The largest absolute Gasteiger partial charge is 0.393 e. The first kappa shape index (κ1) is 16.2. The van der Waals surface area contributed by atoms with Gasteiger partial charge in [0, 0.05) is 6.54 Å². The fourth-order valence-corrected chi connectivity index (χ4v) is 2.83. The maximum atomic E-state index is 12.9. The summed E-state index contributed by atoms with van der Waals surface area (Å²) in [6, 6.07) is 3.87. The van der Waals surface area contributed by atoms with Crippen molar-refractivity contribution < 1.29 is 14.3 Å². The molecule has 1 aliphatic rings. The average molecular weight is 315 g/mol. The number of aliphatic hydroxyl groups excluding tert-OH is 1. The van der Waals surface area contributed by atoms with Crippen molar-refractivity contribution in [1.29, 1.82) is 0 Å². The lowest BCUT2D eigenvalue weighted by atomic mass is 9.93. The van der Waals surface area contributed by atoms with E-state index in [1.165, 1.54) is 18.2 Å². The van der Waals surface area contributed by atoms with E-state index >= 15 is 0 Å². The molecule has 0 spiro atoms. The van der Waals surface area contributed by atoms with E-state index in [1.54, 1.807) is 6.92 Å². The minimum absolute atomic E-state index is 0.184. The minimum Gasteiger partial charge on any atom is -0.393 e. The van der Waals surface area contributed by atoms with Crippen LogP contribution in [0, 0.1) is 11.7 Å². The molecule has 6 heteroatoms. The molecule has 21 heavy (non-hydrogen) atoms. The third-order valence-electron chi connectivity index (χ3n) is 3.80. The lowest BCUT2D eigenvalue weighted by Gasteiger charge is -2.33. The Morgan fingerprint density at radius 1 is 1.62 bits per heavy atom. The summed E-state index contributed by atoms with van der Waals surface area (Å²) >= 11 is 5.88. The summed E-state index contributed by atoms with van der Waals surface area (Å²) in [4.78, 5) is 14.0. The van der Waals surface area contributed by atoms with Gasteiger partial charge in [-0.3, -0.25) is 9.69 Å². The van der Waals surface area contributed by atoms with Crippen LogP contribution in [0.5, 0.6) is 0 Å². The number of nitrogens with zero attached hydrogens (tertiary/aromatic N) is 1. The van der Waals surface area contributed by atoms with E-state index in [0.717, 1.165) is 19.4 Å². The molecular formula is C15H20ClFN2O2. The number of halogens is 2. The van der Waals surface area contributed by atoms with Crippen molar-refractivity contribution in [3.8, 4) is 0 Å². The second-order valence-corrected chi connectivity index (χ2v) is 5.96. The maximum absolute atomic E-state index is 12.9. The van der Waals surface area contributed by atoms with Crippen molar-refractivity contribution >= 4 is 23.2 Å². The van der Waals surface area contributed by atoms with E-state index in [9.17, 15) is 14.3 Å². The van der Waals surface area contributed by atoms with Crippen molar-refractivity contribution in [2.75, 3.05) is 25.0 Å². The Morgan fingerprint density at radius 2 is 2.38 bits per heavy atom. The van der Waals surface area contributed by atoms with Gasteiger partial charge in [0.1, 0.15) is 5.82 Å². The van der Waals surface area contributed by atoms with E-state index < -0.39 is 5.82 Å². The van der Waals surface area contributed by atoms with E-state index in [-0.39, 0.29) is 29.5 Å². The zero-order valence-electron chi connectivity index (χ0n) is 12.0. The number of rotatable bonds is 4. The fraction of sp³-hybridized carbons (Fsp3) is 0.533. The van der Waals surface area contributed by atoms with Crippen LogP contribution in [0.3, 0.4) is 0 Å². The zero-order valence-corrected chi connectivity index (χ0v) is 12.7. The predicted octanol–water partition coefficient (Wildman–Crippen LogP) is 2.51. The van der Waals surface area contributed by atoms with Crippen molar-refractivity contribution in [3.05, 3.63) is 29.0 Å². The molecule has 1 aliphatic heterocycles. The number of anilines is 1. The SMILES string of the molecule is CC(O)C1CCCN(CC(=O)Nc2ccc(F)cc2Cl)C1. The highest BCUT2D eigenvalue weighted by atomic mass is 35.5. The monoisotopic (exact) mass is 314 g/mol. The van der Waals surface area contributed by atoms with Crippen LogP contribution in [-0.4, -0.2) is 41.7 Å². The van der Waals surface area contributed by atoms with Gasteiger partial charge >= 0.3 is 0 Å². The molecule has 0 aromatic heterocycles. The van der Waals surface area contributed by atoms with E-state index in [1.807, 2.05) is 4.90 Å². The molecule has 0 radical (unpaired) electrons. The number of likely N-dealkylation sites (tertiary alicyclic amines) is 1. The van der Waals surface area contributed by atoms with E-state index in [4.69, 9.17) is 11.6 Å². The third kappa shape index (κ3) is 4.66. The predicted molar refractivity (Wildman–Crippen MR) is 80.9 cm³/mol. The topological polar surface area (TPSA) is 52.6 Å². The van der Waals surface area contributed by atoms with Gasteiger partial charge in [-0.2, -0.15) is 0 Å². The summed E-state index contributed by atoms with van der Waals surface area (Å²) in [6.07, 6.45) is 1.60. The number of piperidine rings is 1. The van der Waals surface area contributed by atoms with E-state index in [0.29, 0.717) is 12.2 Å². The minimum atomic E-state index is -0.436. The molecule has 1 amide bonds. The molecule has 0 aliphatic carbocycles. The smallest absolute Gasteiger partial charge is 0.238 e. The van der Waals surface area contributed by atoms with Gasteiger partial charge in [-0.05, 0) is 50.4 Å². The zero-order chi connectivity index (χ0) is 15.4. The first-order valence-electron chi connectivity index (χ1n) is 7.11. The molecule has 0 bridgehead atoms. The highest BCUT2D eigenvalue weighted by molar-refractivity contribution is 6.33. The summed E-state index contributed by atoms with van der Waals surface area (Å²) in [5.41, 5.74) is 0.409. The quantitative estimate of drug-likeness (QED) is 0.898. The van der Waals surface area contributed by atoms with Crippen LogP contribution in [-0.2, 0) is 4.79 Å². The summed E-state index contributed by atoms with van der Waals surface area (Å²) < 4.78 is 12.9. The van der Waals surface area contributed by atoms with Crippen LogP contribution in [0.2, 0.25) is 5.02 Å². The van der Waals surface area contributed by atoms with Crippen molar-refractivity contribution in [3.63, 3.8) is 0 Å². The average Bonchev–Trinajstić information content (AvgIpc) is 2.42. The molecule has 2 N–H and O–H groups in total. The lowest BCUT2D eigenvalue weighted by Crippen LogP contribution is -2.43. The Bertz CT molecular complexity index is 510. The second-order valence-electron chi connectivity index (χ2n) is 5.55. The molecule has 4 nitrogen and oxygen atoms in total. The van der Waals surface area contributed by atoms with Crippen LogP contribution >= 0.6 is 11.6 Å². The van der Waals surface area contributed by atoms with Crippen molar-refractivity contribution in [2.45, 2.75) is 25.9 Å². The number of aliphatic hydroxyl groups is 1. The highest BCUT2D eigenvalue weighted by Gasteiger charge is 2.24. The summed E-state index contributed by atoms with van der Waals surface area (Å²) in [5, 5.41) is 12.5. The number of hydrogen-bond donors (Lipinski definition) is 2. The Balaban J connectivity index is 1.89. The van der Waals surface area contributed by atoms with Crippen molar-refractivity contribution in [2.24, 2.45) is 5.92 Å². The van der Waals surface area contributed by atoms with Gasteiger partial charge in [0.05, 0.1) is 23.4 Å². The molecule has 2 unspecified atom stereocenters. The van der Waals surface area contributed by atoms with Crippen LogP contribution in [0.4, 0.5) is 10.1 Å². The van der Waals surface area contributed by atoms with Gasteiger partial charge in [-0.1, -0.05) is 11.6 Å². The van der Waals surface area contributed by atoms with Gasteiger partial charge < -0.3 is 10.4 Å². The summed E-state index contributed by atoms with van der Waals surface area (Å²) in [6.45, 7) is 3.58. The Hall–Kier alpha value is -1.17. The highest BCUT2D eigenvalue weighted by Crippen LogP contribution is 2.23. The molecule has 2 atom stereocenters. The maximum Gasteiger partial charge on any atom is 0.238 e. The molecule has 0 saturated carbocycles. The van der Waals surface area contributed by atoms with Crippen LogP contribution < -0.4 is 5.32 Å². The summed E-state index contributed by atoms with van der Waals surface area (Å²) in [7, 11) is 0. The Labute approximate surface area is 128 Å². The molecule has 1 fully saturated rings. The standard InChI is InChI=1S/C15H20ClFN2O2/c1-10(20)11-3-2-6-19(8-11)9-15(21)18-14-5-4-12(17)7-13(14)16/h4-5,7,10-11,20H,2-3,6,8-9H2,1H3,(H,18,21). The number of benzene rings is 1. The summed E-state index contributed by atoms with van der Waals surface area (Å²) in [5.74, 6) is -0.412. The van der Waals surface area contributed by atoms with Gasteiger partial charge in [0.15, 0.2) is 0 Å². The van der Waals surface area contributed by atoms with E-state index in [2.05, 4.69) is 5.32 Å². The van der Waals surface area contributed by atoms with Gasteiger partial charge in [0.2, 0.25) is 5.91 Å². The number of carbonyl (C=O) groups is 1. The first-order chi connectivity index (χ1) is 9.95. The molecule has 1 aromatic rings. The molecule has 1 aromatic carbocycles. The number of nitrogens with one attached hydrogen (secondary N) is 1.